The van der Waals surface area contributed by atoms with Crippen LogP contribution in [0.1, 0.15) is 5.56 Å². The van der Waals surface area contributed by atoms with Crippen LogP contribution in [0.2, 0.25) is 5.02 Å². The van der Waals surface area contributed by atoms with E-state index in [0.29, 0.717) is 10.6 Å². The van der Waals surface area contributed by atoms with Gasteiger partial charge in [0.25, 0.3) is 0 Å². The molecule has 4 aromatic rings. The van der Waals surface area contributed by atoms with E-state index in [0.717, 1.165) is 31.6 Å². The molecule has 4 rings (SSSR count). The van der Waals surface area contributed by atoms with Crippen molar-refractivity contribution in [3.8, 4) is 16.3 Å². The van der Waals surface area contributed by atoms with Gasteiger partial charge in [-0.05, 0) is 66.7 Å². The van der Waals surface area contributed by atoms with Gasteiger partial charge in [0.15, 0.2) is 0 Å². The summed E-state index contributed by atoms with van der Waals surface area (Å²) in [7, 11) is 0. The number of halogens is 2. The molecule has 0 atom stereocenters. The normalized spacial score (nSPS) is 11.1. The van der Waals surface area contributed by atoms with Crippen molar-refractivity contribution < 1.29 is 5.11 Å². The van der Waals surface area contributed by atoms with Crippen LogP contribution in [0, 0.1) is 0 Å². The van der Waals surface area contributed by atoms with E-state index in [1.807, 2.05) is 48.5 Å². The molecule has 0 saturated carbocycles. The fourth-order valence-corrected chi connectivity index (χ4v) is 3.72. The van der Waals surface area contributed by atoms with E-state index in [1.165, 1.54) is 11.3 Å². The summed E-state index contributed by atoms with van der Waals surface area (Å²) in [6.07, 6.45) is 1.58. The van der Waals surface area contributed by atoms with Gasteiger partial charge in [-0.1, -0.05) is 38.9 Å². The topological polar surface area (TPSA) is 70.4 Å². The molecule has 3 aromatic carbocycles. The molecule has 0 bridgehead atoms. The second-order valence-electron chi connectivity index (χ2n) is 6.05. The number of anilines is 2. The zero-order valence-electron chi connectivity index (χ0n) is 14.9. The van der Waals surface area contributed by atoms with Crippen molar-refractivity contribution in [3.05, 3.63) is 81.8 Å². The van der Waals surface area contributed by atoms with Gasteiger partial charge in [-0.2, -0.15) is 0 Å². The van der Waals surface area contributed by atoms with Crippen LogP contribution in [0.25, 0.3) is 10.6 Å². The summed E-state index contributed by atoms with van der Waals surface area (Å²) in [6.45, 7) is 0. The molecule has 1 heterocycles. The number of nitrogens with one attached hydrogen (secondary N) is 1. The van der Waals surface area contributed by atoms with Crippen molar-refractivity contribution in [1.29, 1.82) is 0 Å². The van der Waals surface area contributed by atoms with Gasteiger partial charge in [0.2, 0.25) is 5.13 Å². The number of benzene rings is 3. The van der Waals surface area contributed by atoms with E-state index < -0.39 is 0 Å². The Morgan fingerprint density at radius 2 is 1.76 bits per heavy atom. The zero-order chi connectivity index (χ0) is 20.2. The molecule has 5 nitrogen and oxygen atoms in total. The van der Waals surface area contributed by atoms with Crippen LogP contribution in [0.5, 0.6) is 5.75 Å². The molecule has 0 amide bonds. The van der Waals surface area contributed by atoms with Crippen LogP contribution in [-0.2, 0) is 0 Å². The standard InChI is InChI=1S/C21H14BrClN4OS/c22-15-3-8-18(9-4-15)25-21-27-26-20(29-21)13-1-6-17(7-2-13)24-12-14-11-16(23)5-10-19(14)28/h1-12,28H,(H,25,27). The molecule has 0 fully saturated rings. The first-order valence-electron chi connectivity index (χ1n) is 8.56. The number of aromatic nitrogens is 2. The van der Waals surface area contributed by atoms with Crippen LogP contribution in [-0.4, -0.2) is 21.5 Å². The average molecular weight is 486 g/mol. The molecule has 0 aliphatic rings. The van der Waals surface area contributed by atoms with E-state index in [9.17, 15) is 5.11 Å². The molecular formula is C21H14BrClN4OS. The molecule has 2 N–H and O–H groups in total. The number of phenols is 1. The Morgan fingerprint density at radius 3 is 2.52 bits per heavy atom. The lowest BCUT2D eigenvalue weighted by Gasteiger charge is -2.01. The van der Waals surface area contributed by atoms with Crippen LogP contribution in [0.15, 0.2) is 76.2 Å². The van der Waals surface area contributed by atoms with Gasteiger partial charge < -0.3 is 10.4 Å². The van der Waals surface area contributed by atoms with Crippen LogP contribution < -0.4 is 5.32 Å². The molecule has 29 heavy (non-hydrogen) atoms. The lowest BCUT2D eigenvalue weighted by Crippen LogP contribution is -1.88. The van der Waals surface area contributed by atoms with Crippen molar-refractivity contribution in [1.82, 2.24) is 10.2 Å². The number of aromatic hydroxyl groups is 1. The maximum atomic E-state index is 9.86. The maximum Gasteiger partial charge on any atom is 0.210 e. The third-order valence-corrected chi connectivity index (χ3v) is 5.63. The van der Waals surface area contributed by atoms with Crippen molar-refractivity contribution >= 4 is 61.6 Å². The van der Waals surface area contributed by atoms with Crippen molar-refractivity contribution in [2.24, 2.45) is 4.99 Å². The molecule has 0 unspecified atom stereocenters. The smallest absolute Gasteiger partial charge is 0.210 e. The SMILES string of the molecule is Oc1ccc(Cl)cc1C=Nc1ccc(-c2nnc(Nc3ccc(Br)cc3)s2)cc1. The number of hydrogen-bond acceptors (Lipinski definition) is 6. The van der Waals surface area contributed by atoms with Gasteiger partial charge in [0, 0.05) is 32.5 Å². The minimum atomic E-state index is 0.134. The molecule has 0 radical (unpaired) electrons. The minimum Gasteiger partial charge on any atom is -0.507 e. The summed E-state index contributed by atoms with van der Waals surface area (Å²) in [6, 6.07) is 20.4. The van der Waals surface area contributed by atoms with Crippen LogP contribution in [0.3, 0.4) is 0 Å². The lowest BCUT2D eigenvalue weighted by molar-refractivity contribution is 0.474. The Kier molecular flexibility index (Phi) is 5.89. The second-order valence-corrected chi connectivity index (χ2v) is 8.38. The Hall–Kier alpha value is -2.74. The summed E-state index contributed by atoms with van der Waals surface area (Å²) in [5, 5.41) is 23.6. The van der Waals surface area contributed by atoms with Gasteiger partial charge >= 0.3 is 0 Å². The minimum absolute atomic E-state index is 0.134. The number of aliphatic imine (C=N–C) groups is 1. The first kappa shape index (κ1) is 19.6. The molecule has 8 heteroatoms. The number of phenolic OH excluding ortho intramolecular Hbond substituents is 1. The van der Waals surface area contributed by atoms with Gasteiger partial charge in [0.1, 0.15) is 10.8 Å². The summed E-state index contributed by atoms with van der Waals surface area (Å²) < 4.78 is 1.02. The third kappa shape index (κ3) is 5.00. The zero-order valence-corrected chi connectivity index (χ0v) is 18.0. The first-order valence-corrected chi connectivity index (χ1v) is 10.5. The predicted octanol–water partition coefficient (Wildman–Crippen LogP) is 6.82. The first-order chi connectivity index (χ1) is 14.1. The van der Waals surface area contributed by atoms with Gasteiger partial charge in [-0.3, -0.25) is 4.99 Å². The van der Waals surface area contributed by atoms with Crippen molar-refractivity contribution in [2.75, 3.05) is 5.32 Å². The maximum absolute atomic E-state index is 9.86. The quantitative estimate of drug-likeness (QED) is 0.304. The highest BCUT2D eigenvalue weighted by molar-refractivity contribution is 9.10. The summed E-state index contributed by atoms with van der Waals surface area (Å²) in [4.78, 5) is 4.39. The highest BCUT2D eigenvalue weighted by Crippen LogP contribution is 2.30. The molecule has 0 aliphatic carbocycles. The number of hydrogen-bond donors (Lipinski definition) is 2. The fraction of sp³-hybridized carbons (Fsp3) is 0. The predicted molar refractivity (Wildman–Crippen MR) is 123 cm³/mol. The number of nitrogens with zero attached hydrogens (tertiary/aromatic N) is 3. The van der Waals surface area contributed by atoms with E-state index in [2.05, 4.69) is 36.4 Å². The summed E-state index contributed by atoms with van der Waals surface area (Å²) >= 11 is 10.8. The summed E-state index contributed by atoms with van der Waals surface area (Å²) in [5.74, 6) is 0.134. The van der Waals surface area contributed by atoms with E-state index in [1.54, 1.807) is 24.4 Å². The van der Waals surface area contributed by atoms with Crippen LogP contribution in [0.4, 0.5) is 16.5 Å². The van der Waals surface area contributed by atoms with Gasteiger partial charge in [-0.25, -0.2) is 0 Å². The highest BCUT2D eigenvalue weighted by atomic mass is 79.9. The monoisotopic (exact) mass is 484 g/mol. The molecular weight excluding hydrogens is 472 g/mol. The van der Waals surface area contributed by atoms with Crippen molar-refractivity contribution in [3.63, 3.8) is 0 Å². The molecule has 0 saturated heterocycles. The molecule has 1 aromatic heterocycles. The lowest BCUT2D eigenvalue weighted by atomic mass is 10.2. The van der Waals surface area contributed by atoms with E-state index in [4.69, 9.17) is 11.6 Å². The van der Waals surface area contributed by atoms with Crippen LogP contribution >= 0.6 is 38.9 Å². The fourth-order valence-electron chi connectivity index (χ4n) is 2.51. The highest BCUT2D eigenvalue weighted by Gasteiger charge is 2.07. The largest absolute Gasteiger partial charge is 0.507 e. The van der Waals surface area contributed by atoms with E-state index >= 15 is 0 Å². The van der Waals surface area contributed by atoms with Gasteiger partial charge in [0.05, 0.1) is 5.69 Å². The Morgan fingerprint density at radius 1 is 1.00 bits per heavy atom. The summed E-state index contributed by atoms with van der Waals surface area (Å²) in [5.41, 5.74) is 3.22. The average Bonchev–Trinajstić information content (AvgIpc) is 3.19. The molecule has 144 valence electrons. The molecule has 0 aliphatic heterocycles. The Balaban J connectivity index is 1.46. The third-order valence-electron chi connectivity index (χ3n) is 3.98. The van der Waals surface area contributed by atoms with E-state index in [-0.39, 0.29) is 5.75 Å². The second kappa shape index (κ2) is 8.73. The van der Waals surface area contributed by atoms with Crippen molar-refractivity contribution in [2.45, 2.75) is 0 Å². The van der Waals surface area contributed by atoms with Gasteiger partial charge in [-0.15, -0.1) is 10.2 Å². The Labute approximate surface area is 184 Å². The number of rotatable bonds is 5. The molecule has 0 spiro atoms. The Bertz CT molecular complexity index is 1160.